The van der Waals surface area contributed by atoms with E-state index in [0.29, 0.717) is 30.2 Å². The first-order valence-electron chi connectivity index (χ1n) is 9.63. The molecular weight excluding hydrogens is 390 g/mol. The van der Waals surface area contributed by atoms with Crippen LogP contribution in [0, 0.1) is 0 Å². The number of benzene rings is 2. The van der Waals surface area contributed by atoms with Crippen LogP contribution in [0.15, 0.2) is 64.5 Å². The van der Waals surface area contributed by atoms with Gasteiger partial charge < -0.3 is 10.1 Å². The maximum Gasteiger partial charge on any atom is 0.265 e. The van der Waals surface area contributed by atoms with Gasteiger partial charge in [0.05, 0.1) is 4.90 Å². The van der Waals surface area contributed by atoms with Gasteiger partial charge in [-0.3, -0.25) is 14.5 Å². The van der Waals surface area contributed by atoms with E-state index in [2.05, 4.69) is 15.0 Å². The van der Waals surface area contributed by atoms with Crippen LogP contribution in [0.5, 0.6) is 5.75 Å². The van der Waals surface area contributed by atoms with Crippen molar-refractivity contribution in [1.82, 2.24) is 4.72 Å². The van der Waals surface area contributed by atoms with Crippen LogP contribution in [0.1, 0.15) is 32.6 Å². The summed E-state index contributed by atoms with van der Waals surface area (Å²) >= 11 is 0. The van der Waals surface area contributed by atoms with Crippen molar-refractivity contribution in [1.29, 1.82) is 0 Å². The van der Waals surface area contributed by atoms with Gasteiger partial charge in [-0.05, 0) is 50.1 Å². The van der Waals surface area contributed by atoms with Gasteiger partial charge in [0.15, 0.2) is 6.10 Å². The van der Waals surface area contributed by atoms with E-state index in [0.717, 1.165) is 19.3 Å². The summed E-state index contributed by atoms with van der Waals surface area (Å²) in [7, 11) is -3.77. The molecule has 3 rings (SSSR count). The molecule has 0 aliphatic carbocycles. The average molecular weight is 416 g/mol. The third-order valence-corrected chi connectivity index (χ3v) is 5.84. The minimum absolute atomic E-state index is 0.0684. The lowest BCUT2D eigenvalue weighted by Crippen LogP contribution is -2.31. The fourth-order valence-electron chi connectivity index (χ4n) is 2.91. The summed E-state index contributed by atoms with van der Waals surface area (Å²) in [6.07, 6.45) is 2.80. The molecule has 0 saturated carbocycles. The number of amides is 1. The Morgan fingerprint density at radius 2 is 1.86 bits per heavy atom. The molecule has 0 radical (unpaired) electrons. The van der Waals surface area contributed by atoms with Gasteiger partial charge in [0.1, 0.15) is 11.6 Å². The molecule has 2 N–H and O–H groups in total. The van der Waals surface area contributed by atoms with E-state index in [1.54, 1.807) is 31.2 Å². The zero-order chi connectivity index (χ0) is 20.7. The van der Waals surface area contributed by atoms with Gasteiger partial charge in [0.25, 0.3) is 15.9 Å². The van der Waals surface area contributed by atoms with E-state index in [9.17, 15) is 13.2 Å². The van der Waals surface area contributed by atoms with Gasteiger partial charge in [-0.25, -0.2) is 8.42 Å². The van der Waals surface area contributed by atoms with Crippen LogP contribution in [0.25, 0.3) is 0 Å². The third-order valence-electron chi connectivity index (χ3n) is 4.46. The summed E-state index contributed by atoms with van der Waals surface area (Å²) < 4.78 is 33.6. The van der Waals surface area contributed by atoms with E-state index in [4.69, 9.17) is 4.74 Å². The number of amidine groups is 1. The molecular formula is C21H25N3O4S. The highest BCUT2D eigenvalue weighted by Gasteiger charge is 2.19. The number of hydrogen-bond acceptors (Lipinski definition) is 5. The topological polar surface area (TPSA) is 96.9 Å². The van der Waals surface area contributed by atoms with Gasteiger partial charge in [0.2, 0.25) is 0 Å². The fraction of sp³-hybridized carbons (Fsp3) is 0.333. The lowest BCUT2D eigenvalue weighted by molar-refractivity contribution is -0.122. The zero-order valence-corrected chi connectivity index (χ0v) is 17.1. The first-order chi connectivity index (χ1) is 13.9. The smallest absolute Gasteiger partial charge is 0.265 e. The molecule has 0 aromatic heterocycles. The number of nitrogens with zero attached hydrogens (tertiary/aromatic N) is 1. The second-order valence-electron chi connectivity index (χ2n) is 6.83. The second-order valence-corrected chi connectivity index (χ2v) is 8.52. The Balaban J connectivity index is 1.66. The van der Waals surface area contributed by atoms with Gasteiger partial charge in [-0.1, -0.05) is 30.7 Å². The molecule has 1 amide bonds. The lowest BCUT2D eigenvalue weighted by atomic mass is 10.2. The number of ether oxygens (including phenoxy) is 1. The Bertz CT molecular complexity index is 974. The molecule has 0 bridgehead atoms. The average Bonchev–Trinajstić information content (AvgIpc) is 2.97. The number of sulfonamides is 1. The number of rotatable bonds is 6. The number of carbonyl (C=O) groups is 1. The number of para-hydroxylation sites is 1. The lowest BCUT2D eigenvalue weighted by Gasteiger charge is -2.15. The van der Waals surface area contributed by atoms with Crippen LogP contribution < -0.4 is 14.8 Å². The van der Waals surface area contributed by atoms with Crippen LogP contribution in [0.4, 0.5) is 5.69 Å². The largest absolute Gasteiger partial charge is 0.481 e. The molecule has 0 saturated heterocycles. The summed E-state index contributed by atoms with van der Waals surface area (Å²) in [4.78, 5) is 16.8. The van der Waals surface area contributed by atoms with Crippen LogP contribution >= 0.6 is 0 Å². The highest BCUT2D eigenvalue weighted by atomic mass is 32.2. The van der Waals surface area contributed by atoms with Crippen LogP contribution in [0.2, 0.25) is 0 Å². The molecule has 7 nitrogen and oxygen atoms in total. The van der Waals surface area contributed by atoms with Crippen molar-refractivity contribution in [2.24, 2.45) is 4.99 Å². The molecule has 1 aliphatic rings. The molecule has 0 fully saturated rings. The van der Waals surface area contributed by atoms with Crippen LogP contribution in [-0.4, -0.2) is 32.8 Å². The minimum atomic E-state index is -3.77. The van der Waals surface area contributed by atoms with Crippen molar-refractivity contribution >= 4 is 27.5 Å². The molecule has 2 aromatic carbocycles. The number of aliphatic imine (C=N–C) groups is 1. The first kappa shape index (κ1) is 20.9. The van der Waals surface area contributed by atoms with E-state index >= 15 is 0 Å². The Morgan fingerprint density at radius 1 is 1.07 bits per heavy atom. The van der Waals surface area contributed by atoms with E-state index in [1.165, 1.54) is 12.1 Å². The van der Waals surface area contributed by atoms with Crippen molar-refractivity contribution in [3.63, 3.8) is 0 Å². The summed E-state index contributed by atoms with van der Waals surface area (Å²) in [6, 6.07) is 15.2. The molecule has 1 atom stereocenters. The first-order valence-corrected chi connectivity index (χ1v) is 11.1. The normalized spacial score (nSPS) is 15.6. The predicted octanol–water partition coefficient (Wildman–Crippen LogP) is 3.34. The SMILES string of the molecule is CC(Oc1ccccc1)C(=O)Nc1cccc(S(=O)(=O)NC2=NCCCCC2)c1. The maximum atomic E-state index is 12.7. The molecule has 154 valence electrons. The quantitative estimate of drug-likeness (QED) is 0.756. The zero-order valence-electron chi connectivity index (χ0n) is 16.3. The predicted molar refractivity (Wildman–Crippen MR) is 113 cm³/mol. The number of hydrogen-bond donors (Lipinski definition) is 2. The Kier molecular flexibility index (Phi) is 6.87. The highest BCUT2D eigenvalue weighted by Crippen LogP contribution is 2.18. The molecule has 8 heteroatoms. The number of carbonyl (C=O) groups excluding carboxylic acids is 1. The minimum Gasteiger partial charge on any atom is -0.481 e. The molecule has 1 heterocycles. The monoisotopic (exact) mass is 415 g/mol. The van der Waals surface area contributed by atoms with Gasteiger partial charge in [-0.2, -0.15) is 0 Å². The standard InChI is InChI=1S/C21H25N3O4S/c1-16(28-18-10-4-2-5-11-18)21(25)23-17-9-8-12-19(15-17)29(26,27)24-20-13-6-3-7-14-22-20/h2,4-5,8-12,15-16H,3,6-7,13-14H2,1H3,(H,22,24)(H,23,25). The maximum absolute atomic E-state index is 12.7. The summed E-state index contributed by atoms with van der Waals surface area (Å²) in [6.45, 7) is 2.27. The van der Waals surface area contributed by atoms with Crippen LogP contribution in [0.3, 0.4) is 0 Å². The highest BCUT2D eigenvalue weighted by molar-refractivity contribution is 7.90. The van der Waals surface area contributed by atoms with Crippen molar-refractivity contribution < 1.29 is 17.9 Å². The van der Waals surface area contributed by atoms with E-state index in [1.807, 2.05) is 18.2 Å². The van der Waals surface area contributed by atoms with Crippen molar-refractivity contribution in [2.75, 3.05) is 11.9 Å². The van der Waals surface area contributed by atoms with E-state index < -0.39 is 16.1 Å². The van der Waals surface area contributed by atoms with Crippen molar-refractivity contribution in [2.45, 2.75) is 43.6 Å². The fourth-order valence-corrected chi connectivity index (χ4v) is 4.05. The summed E-state index contributed by atoms with van der Waals surface area (Å²) in [5.41, 5.74) is 0.379. The Hall–Kier alpha value is -2.87. The molecule has 1 unspecified atom stereocenters. The van der Waals surface area contributed by atoms with Gasteiger partial charge >= 0.3 is 0 Å². The summed E-state index contributed by atoms with van der Waals surface area (Å²) in [5, 5.41) is 2.70. The molecule has 29 heavy (non-hydrogen) atoms. The van der Waals surface area contributed by atoms with E-state index in [-0.39, 0.29) is 10.8 Å². The van der Waals surface area contributed by atoms with Crippen LogP contribution in [-0.2, 0) is 14.8 Å². The second kappa shape index (κ2) is 9.56. The molecule has 1 aliphatic heterocycles. The van der Waals surface area contributed by atoms with Gasteiger partial charge in [-0.15, -0.1) is 0 Å². The molecule has 2 aromatic rings. The molecule has 0 spiro atoms. The number of nitrogens with one attached hydrogen (secondary N) is 2. The third kappa shape index (κ3) is 6.05. The Morgan fingerprint density at radius 3 is 2.66 bits per heavy atom. The van der Waals surface area contributed by atoms with Gasteiger partial charge in [0, 0.05) is 18.7 Å². The Labute approximate surface area is 171 Å². The summed E-state index contributed by atoms with van der Waals surface area (Å²) in [5.74, 6) is 0.700. The van der Waals surface area contributed by atoms with Crippen molar-refractivity contribution in [3.05, 3.63) is 54.6 Å². The van der Waals surface area contributed by atoms with Crippen molar-refractivity contribution in [3.8, 4) is 5.75 Å². The number of anilines is 1.